The Morgan fingerprint density at radius 1 is 1.09 bits per heavy atom. The number of carbonyl (C=O) groups is 1. The molecule has 4 heteroatoms. The maximum Gasteiger partial charge on any atom is 0.302 e. The first-order valence-electron chi connectivity index (χ1n) is 12.3. The van der Waals surface area contributed by atoms with Gasteiger partial charge in [-0.3, -0.25) is 9.79 Å². The SMILES string of the molecule is CC(=O)O[C@H]1CC[C@@]2(C)C(=CC[C@@H]3[C@@H]2CC[C@]2(C)C4=C(C=Nc5ccccc5S4)C[C@@H]32)C1. The monoisotopic (exact) mass is 447 g/mol. The van der Waals surface area contributed by atoms with Crippen LogP contribution in [0.15, 0.2) is 56.3 Å². The van der Waals surface area contributed by atoms with Gasteiger partial charge >= 0.3 is 5.97 Å². The maximum absolute atomic E-state index is 11.5. The van der Waals surface area contributed by atoms with Gasteiger partial charge in [-0.05, 0) is 79.4 Å². The Kier molecular flexibility index (Phi) is 4.77. The predicted octanol–water partition coefficient (Wildman–Crippen LogP) is 7.25. The summed E-state index contributed by atoms with van der Waals surface area (Å²) in [6.45, 7) is 6.60. The van der Waals surface area contributed by atoms with Gasteiger partial charge in [-0.25, -0.2) is 0 Å². The van der Waals surface area contributed by atoms with Crippen molar-refractivity contribution in [3.63, 3.8) is 0 Å². The Balaban J connectivity index is 1.29. The molecule has 3 nitrogen and oxygen atoms in total. The Morgan fingerprint density at radius 3 is 2.75 bits per heavy atom. The van der Waals surface area contributed by atoms with E-state index in [1.165, 1.54) is 43.1 Å². The van der Waals surface area contributed by atoms with Crippen LogP contribution in [0.5, 0.6) is 0 Å². The number of allylic oxidation sites excluding steroid dienone is 3. The number of para-hydroxylation sites is 1. The van der Waals surface area contributed by atoms with Crippen molar-refractivity contribution < 1.29 is 9.53 Å². The second-order valence-corrected chi connectivity index (χ2v) is 12.1. The molecule has 1 aliphatic heterocycles. The Morgan fingerprint density at radius 2 is 1.91 bits per heavy atom. The molecule has 5 aliphatic rings. The minimum absolute atomic E-state index is 0.0779. The summed E-state index contributed by atoms with van der Waals surface area (Å²) in [6, 6.07) is 8.59. The Hall–Kier alpha value is -1.81. The highest BCUT2D eigenvalue weighted by Gasteiger charge is 2.58. The molecule has 0 saturated heterocycles. The average Bonchev–Trinajstić information content (AvgIpc) is 2.92. The van der Waals surface area contributed by atoms with Crippen molar-refractivity contribution in [2.24, 2.45) is 33.6 Å². The lowest BCUT2D eigenvalue weighted by molar-refractivity contribution is -0.148. The van der Waals surface area contributed by atoms with E-state index in [1.54, 1.807) is 10.5 Å². The summed E-state index contributed by atoms with van der Waals surface area (Å²) in [7, 11) is 0. The molecule has 0 radical (unpaired) electrons. The van der Waals surface area contributed by atoms with E-state index in [0.717, 1.165) is 36.8 Å². The first kappa shape index (κ1) is 20.8. The number of thioether (sulfide) groups is 1. The number of hydrogen-bond donors (Lipinski definition) is 0. The highest BCUT2D eigenvalue weighted by atomic mass is 32.2. The lowest BCUT2D eigenvalue weighted by Crippen LogP contribution is -2.50. The van der Waals surface area contributed by atoms with Crippen LogP contribution in [0.1, 0.15) is 65.7 Å². The molecule has 1 aromatic carbocycles. The van der Waals surface area contributed by atoms with Crippen LogP contribution in [0.3, 0.4) is 0 Å². The van der Waals surface area contributed by atoms with Gasteiger partial charge in [-0.15, -0.1) is 0 Å². The molecular formula is C28H33NO2S. The number of hydrogen-bond acceptors (Lipinski definition) is 4. The van der Waals surface area contributed by atoms with Crippen LogP contribution in [0.2, 0.25) is 0 Å². The zero-order valence-corrected chi connectivity index (χ0v) is 20.2. The van der Waals surface area contributed by atoms with Crippen molar-refractivity contribution in [2.45, 2.75) is 76.7 Å². The molecule has 1 heterocycles. The number of esters is 1. The summed E-state index contributed by atoms with van der Waals surface area (Å²) in [6.07, 6.45) is 12.8. The van der Waals surface area contributed by atoms with Crippen molar-refractivity contribution in [1.29, 1.82) is 0 Å². The molecule has 0 spiro atoms. The van der Waals surface area contributed by atoms with E-state index >= 15 is 0 Å². The summed E-state index contributed by atoms with van der Waals surface area (Å²) in [5.41, 5.74) is 4.70. The molecule has 1 aromatic rings. The van der Waals surface area contributed by atoms with Crippen LogP contribution in [0.25, 0.3) is 0 Å². The summed E-state index contributed by atoms with van der Waals surface area (Å²) < 4.78 is 5.61. The maximum atomic E-state index is 11.5. The van der Waals surface area contributed by atoms with Crippen molar-refractivity contribution in [3.05, 3.63) is 46.4 Å². The van der Waals surface area contributed by atoms with Gasteiger partial charge in [0.2, 0.25) is 0 Å². The molecular weight excluding hydrogens is 414 g/mol. The second kappa shape index (κ2) is 7.35. The van der Waals surface area contributed by atoms with Crippen LogP contribution in [0, 0.1) is 28.6 Å². The zero-order chi connectivity index (χ0) is 22.1. The van der Waals surface area contributed by atoms with Crippen LogP contribution >= 0.6 is 11.8 Å². The molecule has 2 saturated carbocycles. The number of rotatable bonds is 1. The molecule has 0 aromatic heterocycles. The van der Waals surface area contributed by atoms with Gasteiger partial charge in [0.15, 0.2) is 0 Å². The molecule has 0 amide bonds. The van der Waals surface area contributed by atoms with E-state index in [9.17, 15) is 4.79 Å². The number of ether oxygens (including phenoxy) is 1. The second-order valence-electron chi connectivity index (χ2n) is 11.1. The smallest absolute Gasteiger partial charge is 0.302 e. The van der Waals surface area contributed by atoms with Crippen LogP contribution in [-0.4, -0.2) is 18.3 Å². The minimum Gasteiger partial charge on any atom is -0.462 e. The number of fused-ring (bicyclic) bond motifs is 7. The lowest BCUT2D eigenvalue weighted by Gasteiger charge is -2.57. The average molecular weight is 448 g/mol. The van der Waals surface area contributed by atoms with Gasteiger partial charge in [0.1, 0.15) is 6.10 Å². The van der Waals surface area contributed by atoms with Crippen LogP contribution in [-0.2, 0) is 9.53 Å². The summed E-state index contributed by atoms with van der Waals surface area (Å²) in [4.78, 5) is 19.3. The van der Waals surface area contributed by atoms with Crippen LogP contribution < -0.4 is 0 Å². The van der Waals surface area contributed by atoms with Gasteiger partial charge in [0, 0.05) is 34.8 Å². The number of benzene rings is 1. The van der Waals surface area contributed by atoms with E-state index < -0.39 is 0 Å². The fourth-order valence-electron chi connectivity index (χ4n) is 7.84. The minimum atomic E-state index is -0.138. The molecule has 0 N–H and O–H groups in total. The molecule has 0 unspecified atom stereocenters. The Labute approximate surface area is 195 Å². The number of carbonyl (C=O) groups excluding carboxylic acids is 1. The molecule has 32 heavy (non-hydrogen) atoms. The standard InChI is InChI=1S/C28H33NO2S/c1-17(30)31-20-10-12-27(2)19(15-20)8-9-21-22(27)11-13-28(3)23(21)14-18-16-29-24-6-4-5-7-25(24)32-26(18)28/h4-8,16,20-23H,9-15H2,1-3H3/t20-,21+,22-,23-,27-,28-/m0/s1. The van der Waals surface area contributed by atoms with E-state index in [1.807, 2.05) is 11.8 Å². The lowest BCUT2D eigenvalue weighted by atomic mass is 9.48. The van der Waals surface area contributed by atoms with E-state index in [4.69, 9.17) is 9.73 Å². The van der Waals surface area contributed by atoms with Crippen molar-refractivity contribution in [1.82, 2.24) is 0 Å². The van der Waals surface area contributed by atoms with E-state index in [-0.39, 0.29) is 22.9 Å². The molecule has 2 fully saturated rings. The topological polar surface area (TPSA) is 38.7 Å². The molecule has 4 aliphatic carbocycles. The van der Waals surface area contributed by atoms with Gasteiger partial charge < -0.3 is 4.74 Å². The first-order valence-corrected chi connectivity index (χ1v) is 13.1. The van der Waals surface area contributed by atoms with Crippen LogP contribution in [0.4, 0.5) is 5.69 Å². The van der Waals surface area contributed by atoms with Gasteiger partial charge in [-0.2, -0.15) is 0 Å². The van der Waals surface area contributed by atoms with E-state index in [0.29, 0.717) is 5.92 Å². The van der Waals surface area contributed by atoms with Gasteiger partial charge in [-0.1, -0.05) is 49.4 Å². The van der Waals surface area contributed by atoms with Gasteiger partial charge in [0.05, 0.1) is 5.69 Å². The summed E-state index contributed by atoms with van der Waals surface area (Å²) in [5, 5.41) is 0. The first-order chi connectivity index (χ1) is 15.4. The van der Waals surface area contributed by atoms with Crippen molar-refractivity contribution in [2.75, 3.05) is 0 Å². The quantitative estimate of drug-likeness (QED) is 0.336. The van der Waals surface area contributed by atoms with E-state index in [2.05, 4.69) is 50.4 Å². The molecule has 6 rings (SSSR count). The normalized spacial score (nSPS) is 39.7. The third kappa shape index (κ3) is 3.01. The molecule has 168 valence electrons. The fourth-order valence-corrected chi connectivity index (χ4v) is 9.18. The molecule has 0 bridgehead atoms. The highest BCUT2D eigenvalue weighted by molar-refractivity contribution is 8.03. The number of aliphatic imine (C=N–C) groups is 1. The summed E-state index contributed by atoms with van der Waals surface area (Å²) in [5.74, 6) is 2.05. The third-order valence-corrected chi connectivity index (χ3v) is 11.0. The third-order valence-electron chi connectivity index (χ3n) is 9.47. The molecule has 6 atom stereocenters. The predicted molar refractivity (Wildman–Crippen MR) is 130 cm³/mol. The van der Waals surface area contributed by atoms with Gasteiger partial charge in [0.25, 0.3) is 0 Å². The summed E-state index contributed by atoms with van der Waals surface area (Å²) >= 11 is 1.99. The zero-order valence-electron chi connectivity index (χ0n) is 19.4. The largest absolute Gasteiger partial charge is 0.462 e. The highest BCUT2D eigenvalue weighted by Crippen LogP contribution is 2.68. The van der Waals surface area contributed by atoms with Crippen molar-refractivity contribution >= 4 is 29.6 Å². The fraction of sp³-hybridized carbons (Fsp3) is 0.571. The Bertz CT molecular complexity index is 1070. The number of nitrogens with zero attached hydrogens (tertiary/aromatic N) is 1. The van der Waals surface area contributed by atoms with Crippen molar-refractivity contribution in [3.8, 4) is 0 Å².